The first-order valence-corrected chi connectivity index (χ1v) is 6.70. The quantitative estimate of drug-likeness (QED) is 0.567. The highest BCUT2D eigenvalue weighted by Crippen LogP contribution is 2.25. The Morgan fingerprint density at radius 3 is 3.00 bits per heavy atom. The number of anilines is 2. The molecule has 0 saturated carbocycles. The average Bonchev–Trinajstić information content (AvgIpc) is 2.44. The Morgan fingerprint density at radius 2 is 2.35 bits per heavy atom. The standard InChI is InChI=1S/C14H19N3O3/c1-2-20-14(19)10-4-3-5-11(13(10)15)17-9-6-7-12(18)16-8-9/h3-5,9,17H,2,6-8,15H2,1H3,(H,16,18). The van der Waals surface area contributed by atoms with Gasteiger partial charge in [-0.3, -0.25) is 4.79 Å². The molecular weight excluding hydrogens is 258 g/mol. The average molecular weight is 277 g/mol. The lowest BCUT2D eigenvalue weighted by Crippen LogP contribution is -2.42. The van der Waals surface area contributed by atoms with E-state index in [0.29, 0.717) is 36.5 Å². The molecule has 4 N–H and O–H groups in total. The smallest absolute Gasteiger partial charge is 0.340 e. The van der Waals surface area contributed by atoms with Gasteiger partial charge in [0.25, 0.3) is 0 Å². The minimum absolute atomic E-state index is 0.0660. The van der Waals surface area contributed by atoms with Gasteiger partial charge < -0.3 is 21.1 Å². The number of nitrogens with two attached hydrogens (primary N) is 1. The van der Waals surface area contributed by atoms with Crippen LogP contribution in [0.15, 0.2) is 18.2 Å². The molecule has 1 atom stereocenters. The van der Waals surface area contributed by atoms with E-state index < -0.39 is 5.97 Å². The molecule has 0 bridgehead atoms. The number of para-hydroxylation sites is 1. The van der Waals surface area contributed by atoms with E-state index in [9.17, 15) is 9.59 Å². The maximum atomic E-state index is 11.8. The normalized spacial score (nSPS) is 18.2. The first-order valence-electron chi connectivity index (χ1n) is 6.70. The molecule has 0 aromatic heterocycles. The van der Waals surface area contributed by atoms with Crippen molar-refractivity contribution >= 4 is 23.3 Å². The molecule has 108 valence electrons. The first kappa shape index (κ1) is 14.2. The summed E-state index contributed by atoms with van der Waals surface area (Å²) >= 11 is 0. The summed E-state index contributed by atoms with van der Waals surface area (Å²) in [4.78, 5) is 22.9. The van der Waals surface area contributed by atoms with Crippen LogP contribution >= 0.6 is 0 Å². The number of hydrogen-bond acceptors (Lipinski definition) is 5. The van der Waals surface area contributed by atoms with Crippen LogP contribution in [0, 0.1) is 0 Å². The van der Waals surface area contributed by atoms with Gasteiger partial charge in [-0.2, -0.15) is 0 Å². The van der Waals surface area contributed by atoms with Crippen LogP contribution in [-0.2, 0) is 9.53 Å². The largest absolute Gasteiger partial charge is 0.462 e. The third kappa shape index (κ3) is 3.20. The number of esters is 1. The highest BCUT2D eigenvalue weighted by Gasteiger charge is 2.20. The predicted molar refractivity (Wildman–Crippen MR) is 76.5 cm³/mol. The van der Waals surface area contributed by atoms with Crippen molar-refractivity contribution in [1.82, 2.24) is 5.32 Å². The van der Waals surface area contributed by atoms with Gasteiger partial charge in [0.1, 0.15) is 0 Å². The number of amides is 1. The lowest BCUT2D eigenvalue weighted by Gasteiger charge is -2.25. The molecule has 1 heterocycles. The Hall–Kier alpha value is -2.24. The molecule has 1 aliphatic rings. The van der Waals surface area contributed by atoms with Crippen molar-refractivity contribution in [2.75, 3.05) is 24.2 Å². The lowest BCUT2D eigenvalue weighted by atomic mass is 10.1. The van der Waals surface area contributed by atoms with Crippen LogP contribution in [0.3, 0.4) is 0 Å². The van der Waals surface area contributed by atoms with Gasteiger partial charge in [-0.25, -0.2) is 4.79 Å². The number of nitrogens with one attached hydrogen (secondary N) is 2. The van der Waals surface area contributed by atoms with E-state index in [4.69, 9.17) is 10.5 Å². The minimum atomic E-state index is -0.425. The molecule has 0 radical (unpaired) electrons. The molecular formula is C14H19N3O3. The zero-order chi connectivity index (χ0) is 14.5. The molecule has 0 spiro atoms. The second-order valence-corrected chi connectivity index (χ2v) is 4.67. The minimum Gasteiger partial charge on any atom is -0.462 e. The maximum absolute atomic E-state index is 11.8. The monoisotopic (exact) mass is 277 g/mol. The van der Waals surface area contributed by atoms with Gasteiger partial charge in [0, 0.05) is 19.0 Å². The van der Waals surface area contributed by atoms with E-state index in [-0.39, 0.29) is 11.9 Å². The number of piperidine rings is 1. The van der Waals surface area contributed by atoms with E-state index in [1.165, 1.54) is 0 Å². The molecule has 20 heavy (non-hydrogen) atoms. The summed E-state index contributed by atoms with van der Waals surface area (Å²) in [6, 6.07) is 5.33. The van der Waals surface area contributed by atoms with Crippen molar-refractivity contribution in [2.24, 2.45) is 0 Å². The second kappa shape index (κ2) is 6.27. The van der Waals surface area contributed by atoms with Gasteiger partial charge in [-0.05, 0) is 25.5 Å². The molecule has 2 rings (SSSR count). The van der Waals surface area contributed by atoms with E-state index in [2.05, 4.69) is 10.6 Å². The van der Waals surface area contributed by atoms with Crippen molar-refractivity contribution < 1.29 is 14.3 Å². The van der Waals surface area contributed by atoms with E-state index >= 15 is 0 Å². The highest BCUT2D eigenvalue weighted by molar-refractivity contribution is 5.98. The van der Waals surface area contributed by atoms with Gasteiger partial charge in [-0.1, -0.05) is 6.07 Å². The number of hydrogen-bond donors (Lipinski definition) is 3. The SMILES string of the molecule is CCOC(=O)c1cccc(NC2CCC(=O)NC2)c1N. The van der Waals surface area contributed by atoms with Gasteiger partial charge >= 0.3 is 5.97 Å². The van der Waals surface area contributed by atoms with Crippen LogP contribution in [0.2, 0.25) is 0 Å². The number of nitrogen functional groups attached to an aromatic ring is 1. The highest BCUT2D eigenvalue weighted by atomic mass is 16.5. The van der Waals surface area contributed by atoms with E-state index in [1.54, 1.807) is 19.1 Å². The fourth-order valence-electron chi connectivity index (χ4n) is 2.15. The molecule has 1 aromatic carbocycles. The van der Waals surface area contributed by atoms with Crippen molar-refractivity contribution in [3.05, 3.63) is 23.8 Å². The molecule has 1 aromatic rings. The fraction of sp³-hybridized carbons (Fsp3) is 0.429. The molecule has 1 unspecified atom stereocenters. The van der Waals surface area contributed by atoms with Crippen LogP contribution < -0.4 is 16.4 Å². The van der Waals surface area contributed by atoms with Gasteiger partial charge in [-0.15, -0.1) is 0 Å². The van der Waals surface area contributed by atoms with Crippen LogP contribution in [0.5, 0.6) is 0 Å². The number of carbonyl (C=O) groups is 2. The van der Waals surface area contributed by atoms with E-state index in [1.807, 2.05) is 6.07 Å². The third-order valence-corrected chi connectivity index (χ3v) is 3.23. The Kier molecular flexibility index (Phi) is 4.45. The molecule has 6 nitrogen and oxygen atoms in total. The van der Waals surface area contributed by atoms with Gasteiger partial charge in [0.05, 0.1) is 23.5 Å². The lowest BCUT2D eigenvalue weighted by molar-refractivity contribution is -0.122. The zero-order valence-corrected chi connectivity index (χ0v) is 11.4. The van der Waals surface area contributed by atoms with Crippen molar-refractivity contribution in [2.45, 2.75) is 25.8 Å². The summed E-state index contributed by atoms with van der Waals surface area (Å²) in [5.74, 6) is -0.359. The number of ether oxygens (including phenoxy) is 1. The Labute approximate surface area is 117 Å². The van der Waals surface area contributed by atoms with E-state index in [0.717, 1.165) is 6.42 Å². The van der Waals surface area contributed by atoms with Crippen molar-refractivity contribution in [3.63, 3.8) is 0 Å². The zero-order valence-electron chi connectivity index (χ0n) is 11.4. The van der Waals surface area contributed by atoms with Crippen molar-refractivity contribution in [1.29, 1.82) is 0 Å². The third-order valence-electron chi connectivity index (χ3n) is 3.23. The Bertz CT molecular complexity index is 506. The fourth-order valence-corrected chi connectivity index (χ4v) is 2.15. The Morgan fingerprint density at radius 1 is 1.55 bits per heavy atom. The summed E-state index contributed by atoms with van der Waals surface area (Å²) in [7, 11) is 0. The van der Waals surface area contributed by atoms with Crippen molar-refractivity contribution in [3.8, 4) is 0 Å². The van der Waals surface area contributed by atoms with Crippen LogP contribution in [-0.4, -0.2) is 31.1 Å². The van der Waals surface area contributed by atoms with Gasteiger partial charge in [0.2, 0.25) is 5.91 Å². The molecule has 6 heteroatoms. The van der Waals surface area contributed by atoms with Gasteiger partial charge in [0.15, 0.2) is 0 Å². The molecule has 1 amide bonds. The van der Waals surface area contributed by atoms with Crippen LogP contribution in [0.1, 0.15) is 30.1 Å². The summed E-state index contributed by atoms with van der Waals surface area (Å²) in [6.45, 7) is 2.62. The van der Waals surface area contributed by atoms with Crippen LogP contribution in [0.25, 0.3) is 0 Å². The molecule has 0 aliphatic carbocycles. The predicted octanol–water partition coefficient (Wildman–Crippen LogP) is 1.14. The Balaban J connectivity index is 2.10. The summed E-state index contributed by atoms with van der Waals surface area (Å²) in [6.07, 6.45) is 1.24. The first-order chi connectivity index (χ1) is 9.61. The second-order valence-electron chi connectivity index (χ2n) is 4.67. The molecule has 1 saturated heterocycles. The maximum Gasteiger partial charge on any atom is 0.340 e. The number of carbonyl (C=O) groups excluding carboxylic acids is 2. The molecule has 1 aliphatic heterocycles. The summed E-state index contributed by atoms with van der Waals surface area (Å²) in [5.41, 5.74) is 7.44. The summed E-state index contributed by atoms with van der Waals surface area (Å²) < 4.78 is 4.96. The summed E-state index contributed by atoms with van der Waals surface area (Å²) in [5, 5.41) is 6.06. The molecule has 1 fully saturated rings. The van der Waals surface area contributed by atoms with Crippen LogP contribution in [0.4, 0.5) is 11.4 Å². The topological polar surface area (TPSA) is 93.4 Å². The number of benzene rings is 1. The number of rotatable bonds is 4.